The van der Waals surface area contributed by atoms with Crippen molar-refractivity contribution in [3.8, 4) is 5.75 Å². The summed E-state index contributed by atoms with van der Waals surface area (Å²) in [4.78, 5) is 24.1. The predicted molar refractivity (Wildman–Crippen MR) is 109 cm³/mol. The maximum Gasteiger partial charge on any atom is 0.269 e. The Hall–Kier alpha value is -2.84. The van der Waals surface area contributed by atoms with Crippen molar-refractivity contribution in [2.75, 3.05) is 39.1 Å². The van der Waals surface area contributed by atoms with Gasteiger partial charge in [-0.1, -0.05) is 11.6 Å². The first-order valence-corrected chi connectivity index (χ1v) is 9.03. The van der Waals surface area contributed by atoms with Crippen LogP contribution in [0, 0.1) is 10.1 Å². The first kappa shape index (κ1) is 21.5. The van der Waals surface area contributed by atoms with Crippen molar-refractivity contribution in [2.24, 2.45) is 0 Å². The van der Waals surface area contributed by atoms with Gasteiger partial charge in [-0.3, -0.25) is 19.8 Å². The van der Waals surface area contributed by atoms with Crippen LogP contribution in [0.5, 0.6) is 5.75 Å². The lowest BCUT2D eigenvalue weighted by Crippen LogP contribution is -2.37. The van der Waals surface area contributed by atoms with Gasteiger partial charge < -0.3 is 15.4 Å². The molecule has 0 fully saturated rings. The van der Waals surface area contributed by atoms with Crippen LogP contribution < -0.4 is 15.4 Å². The summed E-state index contributed by atoms with van der Waals surface area (Å²) in [6.45, 7) is 1.70. The molecule has 8 nitrogen and oxygen atoms in total. The highest BCUT2D eigenvalue weighted by Gasteiger charge is 2.10. The number of hydrogen-bond acceptors (Lipinski definition) is 6. The lowest BCUT2D eigenvalue weighted by molar-refractivity contribution is -0.384. The van der Waals surface area contributed by atoms with Crippen LogP contribution in [0.25, 0.3) is 0 Å². The molecular formula is C19H23ClN4O4. The molecule has 1 amide bonds. The molecule has 150 valence electrons. The molecule has 0 unspecified atom stereocenters. The third kappa shape index (κ3) is 6.71. The van der Waals surface area contributed by atoms with Gasteiger partial charge in [0.15, 0.2) is 0 Å². The van der Waals surface area contributed by atoms with Crippen molar-refractivity contribution >= 4 is 28.9 Å². The molecule has 28 heavy (non-hydrogen) atoms. The van der Waals surface area contributed by atoms with E-state index < -0.39 is 4.92 Å². The first-order valence-electron chi connectivity index (χ1n) is 8.65. The van der Waals surface area contributed by atoms with E-state index >= 15 is 0 Å². The van der Waals surface area contributed by atoms with E-state index in [1.165, 1.54) is 12.1 Å². The number of benzene rings is 2. The summed E-state index contributed by atoms with van der Waals surface area (Å²) in [5, 5.41) is 17.2. The smallest absolute Gasteiger partial charge is 0.269 e. The highest BCUT2D eigenvalue weighted by Crippen LogP contribution is 2.23. The van der Waals surface area contributed by atoms with Crippen LogP contribution in [0.3, 0.4) is 0 Å². The number of amides is 1. The zero-order chi connectivity index (χ0) is 20.5. The van der Waals surface area contributed by atoms with Gasteiger partial charge in [0.05, 0.1) is 18.6 Å². The summed E-state index contributed by atoms with van der Waals surface area (Å²) < 4.78 is 5.32. The van der Waals surface area contributed by atoms with Gasteiger partial charge in [-0.2, -0.15) is 0 Å². The zero-order valence-corrected chi connectivity index (χ0v) is 16.5. The minimum absolute atomic E-state index is 0.0400. The second-order valence-corrected chi connectivity index (χ2v) is 6.65. The fourth-order valence-electron chi connectivity index (χ4n) is 2.63. The van der Waals surface area contributed by atoms with E-state index in [0.717, 1.165) is 17.0 Å². The number of halogens is 1. The number of ether oxygens (including phenoxy) is 1. The van der Waals surface area contributed by atoms with Crippen LogP contribution in [-0.2, 0) is 11.3 Å². The number of non-ortho nitro benzene ring substituents is 1. The van der Waals surface area contributed by atoms with E-state index in [0.29, 0.717) is 24.7 Å². The molecule has 0 aliphatic heterocycles. The van der Waals surface area contributed by atoms with Crippen LogP contribution in [0.1, 0.15) is 5.56 Å². The molecule has 0 radical (unpaired) electrons. The van der Waals surface area contributed by atoms with E-state index in [1.54, 1.807) is 31.4 Å². The van der Waals surface area contributed by atoms with Gasteiger partial charge >= 0.3 is 0 Å². The Balaban J connectivity index is 1.72. The fraction of sp³-hybridized carbons (Fsp3) is 0.316. The third-order valence-electron chi connectivity index (χ3n) is 3.95. The topological polar surface area (TPSA) is 96.7 Å². The molecule has 0 spiro atoms. The van der Waals surface area contributed by atoms with Crippen molar-refractivity contribution in [2.45, 2.75) is 6.54 Å². The second kappa shape index (κ2) is 10.5. The van der Waals surface area contributed by atoms with E-state index in [2.05, 4.69) is 10.6 Å². The standard InChI is InChI=1S/C19H23ClN4O4/c1-23(12-14-11-15(20)3-8-18(14)28-2)13-19(25)22-10-9-21-16-4-6-17(7-5-16)24(26)27/h3-8,11,21H,9-10,12-13H2,1-2H3,(H,22,25). The minimum atomic E-state index is -0.445. The number of nitro groups is 1. The van der Waals surface area contributed by atoms with E-state index in [4.69, 9.17) is 16.3 Å². The van der Waals surface area contributed by atoms with Crippen LogP contribution in [-0.4, -0.2) is 49.5 Å². The molecule has 9 heteroatoms. The van der Waals surface area contributed by atoms with Gasteiger partial charge in [0.25, 0.3) is 5.69 Å². The summed E-state index contributed by atoms with van der Waals surface area (Å²) in [7, 11) is 3.44. The number of likely N-dealkylation sites (N-methyl/N-ethyl adjacent to an activating group) is 1. The van der Waals surface area contributed by atoms with E-state index in [9.17, 15) is 14.9 Å². The molecule has 0 atom stereocenters. The average molecular weight is 407 g/mol. The normalized spacial score (nSPS) is 10.6. The largest absolute Gasteiger partial charge is 0.496 e. The fourth-order valence-corrected chi connectivity index (χ4v) is 2.82. The van der Waals surface area contributed by atoms with Crippen molar-refractivity contribution in [3.05, 3.63) is 63.2 Å². The van der Waals surface area contributed by atoms with Gasteiger partial charge in [-0.25, -0.2) is 0 Å². The number of nitro benzene ring substituents is 1. The SMILES string of the molecule is COc1ccc(Cl)cc1CN(C)CC(=O)NCCNc1ccc([N+](=O)[O-])cc1. The van der Waals surface area contributed by atoms with Gasteiger partial charge in [-0.15, -0.1) is 0 Å². The molecule has 0 bridgehead atoms. The molecule has 0 saturated carbocycles. The zero-order valence-electron chi connectivity index (χ0n) is 15.8. The Morgan fingerprint density at radius 1 is 1.21 bits per heavy atom. The highest BCUT2D eigenvalue weighted by molar-refractivity contribution is 6.30. The molecule has 0 aromatic heterocycles. The Bertz CT molecular complexity index is 814. The molecule has 0 heterocycles. The molecule has 0 saturated heterocycles. The molecule has 0 aliphatic rings. The number of hydrogen-bond donors (Lipinski definition) is 2. The number of methoxy groups -OCH3 is 1. The molecule has 0 aliphatic carbocycles. The molecular weight excluding hydrogens is 384 g/mol. The number of rotatable bonds is 10. The van der Waals surface area contributed by atoms with Crippen molar-refractivity contribution < 1.29 is 14.5 Å². The van der Waals surface area contributed by atoms with Crippen molar-refractivity contribution in [1.29, 1.82) is 0 Å². The van der Waals surface area contributed by atoms with Gasteiger partial charge in [0.2, 0.25) is 5.91 Å². The maximum absolute atomic E-state index is 12.1. The number of nitrogens with zero attached hydrogens (tertiary/aromatic N) is 2. The lowest BCUT2D eigenvalue weighted by Gasteiger charge is -2.18. The Kier molecular flexibility index (Phi) is 8.03. The minimum Gasteiger partial charge on any atom is -0.496 e. The Morgan fingerprint density at radius 2 is 1.93 bits per heavy atom. The van der Waals surface area contributed by atoms with E-state index in [1.807, 2.05) is 18.0 Å². The number of nitrogens with one attached hydrogen (secondary N) is 2. The third-order valence-corrected chi connectivity index (χ3v) is 4.19. The number of anilines is 1. The van der Waals surface area contributed by atoms with Crippen LogP contribution >= 0.6 is 11.6 Å². The highest BCUT2D eigenvalue weighted by atomic mass is 35.5. The van der Waals surface area contributed by atoms with Gasteiger partial charge in [0.1, 0.15) is 5.75 Å². The molecule has 2 N–H and O–H groups in total. The van der Waals surface area contributed by atoms with Crippen LogP contribution in [0.2, 0.25) is 5.02 Å². The van der Waals surface area contributed by atoms with E-state index in [-0.39, 0.29) is 18.1 Å². The summed E-state index contributed by atoms with van der Waals surface area (Å²) in [6, 6.07) is 11.5. The number of carbonyl (C=O) groups is 1. The summed E-state index contributed by atoms with van der Waals surface area (Å²) >= 11 is 6.03. The summed E-state index contributed by atoms with van der Waals surface area (Å²) in [5.41, 5.74) is 1.70. The molecule has 2 aromatic rings. The monoisotopic (exact) mass is 406 g/mol. The Morgan fingerprint density at radius 3 is 2.57 bits per heavy atom. The summed E-state index contributed by atoms with van der Waals surface area (Å²) in [5.74, 6) is 0.623. The second-order valence-electron chi connectivity index (χ2n) is 6.21. The Labute approximate surface area is 168 Å². The molecule has 2 aromatic carbocycles. The quantitative estimate of drug-likeness (QED) is 0.358. The predicted octanol–water partition coefficient (Wildman–Crippen LogP) is 2.92. The van der Waals surface area contributed by atoms with Crippen molar-refractivity contribution in [1.82, 2.24) is 10.2 Å². The van der Waals surface area contributed by atoms with Crippen LogP contribution in [0.4, 0.5) is 11.4 Å². The van der Waals surface area contributed by atoms with Gasteiger partial charge in [-0.05, 0) is 37.4 Å². The maximum atomic E-state index is 12.1. The average Bonchev–Trinajstić information content (AvgIpc) is 2.65. The molecule has 2 rings (SSSR count). The lowest BCUT2D eigenvalue weighted by atomic mass is 10.2. The first-order chi connectivity index (χ1) is 13.4. The summed E-state index contributed by atoms with van der Waals surface area (Å²) in [6.07, 6.45) is 0. The van der Waals surface area contributed by atoms with Gasteiger partial charge in [0, 0.05) is 48.0 Å². The van der Waals surface area contributed by atoms with Crippen molar-refractivity contribution in [3.63, 3.8) is 0 Å². The number of carbonyl (C=O) groups excluding carboxylic acids is 1. The van der Waals surface area contributed by atoms with Crippen LogP contribution in [0.15, 0.2) is 42.5 Å².